The third-order valence-corrected chi connectivity index (χ3v) is 12.9. The van der Waals surface area contributed by atoms with Crippen molar-refractivity contribution in [3.8, 4) is 17.2 Å². The fraction of sp³-hybridized carbons (Fsp3) is 0.378. The highest BCUT2D eigenvalue weighted by atomic mass is 16.5. The zero-order chi connectivity index (χ0) is 38.8. The van der Waals surface area contributed by atoms with E-state index in [9.17, 15) is 24.3 Å². The van der Waals surface area contributed by atoms with E-state index in [0.29, 0.717) is 62.2 Å². The Bertz CT molecular complexity index is 2260. The highest BCUT2D eigenvalue weighted by Gasteiger charge is 2.43. The molecule has 4 atom stereocenters. The number of phenols is 1. The van der Waals surface area contributed by atoms with Crippen LogP contribution in [0, 0.1) is 0 Å². The lowest BCUT2D eigenvalue weighted by Crippen LogP contribution is -2.61. The molecule has 12 heteroatoms. The molecule has 3 saturated heterocycles. The normalized spacial score (nSPS) is 24.4. The lowest BCUT2D eigenvalue weighted by molar-refractivity contribution is -0.141. The average Bonchev–Trinajstić information content (AvgIpc) is 3.54. The van der Waals surface area contributed by atoms with Crippen LogP contribution in [0.2, 0.25) is 0 Å². The Labute approximate surface area is 330 Å². The van der Waals surface area contributed by atoms with Crippen LogP contribution in [-0.2, 0) is 27.3 Å². The minimum absolute atomic E-state index is 0.0603. The van der Waals surface area contributed by atoms with Gasteiger partial charge in [-0.1, -0.05) is 48.5 Å². The second-order valence-electron chi connectivity index (χ2n) is 16.3. The van der Waals surface area contributed by atoms with Crippen molar-refractivity contribution >= 4 is 29.3 Å². The number of fused-ring (bicyclic) bond motifs is 6. The highest BCUT2D eigenvalue weighted by molar-refractivity contribution is 6.06. The van der Waals surface area contributed by atoms with Gasteiger partial charge < -0.3 is 29.3 Å². The predicted octanol–water partition coefficient (Wildman–Crippen LogP) is 4.19. The molecule has 292 valence electrons. The number of nitrogens with zero attached hydrogens (tertiary/aromatic N) is 4. The number of phenolic OH excluding ortho intramolecular Hbond substituents is 1. The molecule has 5 aliphatic heterocycles. The number of likely N-dealkylation sites (tertiary alicyclic amines) is 1. The number of hydrogen-bond donors (Lipinski definition) is 2. The van der Waals surface area contributed by atoms with Crippen LogP contribution < -0.4 is 19.7 Å². The minimum atomic E-state index is -0.673. The summed E-state index contributed by atoms with van der Waals surface area (Å²) in [6.07, 6.45) is 2.40. The Morgan fingerprint density at radius 3 is 2.49 bits per heavy atom. The molecule has 0 saturated carbocycles. The highest BCUT2D eigenvalue weighted by Crippen LogP contribution is 2.47. The molecular weight excluding hydrogens is 723 g/mol. The summed E-state index contributed by atoms with van der Waals surface area (Å²) in [7, 11) is 0. The summed E-state index contributed by atoms with van der Waals surface area (Å²) in [6, 6.07) is 28.0. The second kappa shape index (κ2) is 14.3. The number of amides is 4. The van der Waals surface area contributed by atoms with Gasteiger partial charge in [0, 0.05) is 43.1 Å². The van der Waals surface area contributed by atoms with Crippen molar-refractivity contribution in [1.29, 1.82) is 0 Å². The van der Waals surface area contributed by atoms with E-state index in [1.165, 1.54) is 22.3 Å². The first-order chi connectivity index (χ1) is 27.8. The number of carbonyl (C=O) groups excluding carboxylic acids is 4. The Morgan fingerprint density at radius 1 is 0.860 bits per heavy atom. The second-order valence-corrected chi connectivity index (χ2v) is 16.3. The quantitative estimate of drug-likeness (QED) is 0.266. The number of ether oxygens (including phenoxy) is 2. The number of nitrogens with one attached hydrogen (secondary N) is 1. The molecule has 0 spiro atoms. The summed E-state index contributed by atoms with van der Waals surface area (Å²) in [5.74, 6) is 1.43. The van der Waals surface area contributed by atoms with Gasteiger partial charge in [0.1, 0.15) is 36.0 Å². The van der Waals surface area contributed by atoms with Crippen LogP contribution >= 0.6 is 0 Å². The summed E-state index contributed by atoms with van der Waals surface area (Å²) in [5.41, 5.74) is 7.27. The van der Waals surface area contributed by atoms with Crippen molar-refractivity contribution < 1.29 is 33.8 Å². The van der Waals surface area contributed by atoms with Crippen LogP contribution in [0.25, 0.3) is 0 Å². The largest absolute Gasteiger partial charge is 0.508 e. The van der Waals surface area contributed by atoms with Crippen LogP contribution in [0.4, 0.5) is 5.69 Å². The first kappa shape index (κ1) is 35.5. The molecule has 57 heavy (non-hydrogen) atoms. The third kappa shape index (κ3) is 6.45. The van der Waals surface area contributed by atoms with E-state index in [0.717, 1.165) is 42.9 Å². The Hall–Kier alpha value is -5.88. The molecule has 2 N–H and O–H groups in total. The van der Waals surface area contributed by atoms with E-state index < -0.39 is 11.9 Å². The van der Waals surface area contributed by atoms with Crippen LogP contribution in [0.5, 0.6) is 17.2 Å². The van der Waals surface area contributed by atoms with Crippen molar-refractivity contribution in [2.45, 2.75) is 62.3 Å². The van der Waals surface area contributed by atoms with E-state index in [1.54, 1.807) is 11.0 Å². The van der Waals surface area contributed by atoms with E-state index in [1.807, 2.05) is 35.2 Å². The molecule has 3 fully saturated rings. The standard InChI is InChI=1S/C45H45N5O7/c51-31-9-13-35-29(20-31)8-12-34(27-4-2-1-3-5-27)42(35)28-6-10-32(11-7-28)57-33-22-48(23-33)41(53)25-47-18-19-49-30(21-47)26-56-43-37-24-50(39-16-17-40(52)46-44(39)54)45(55)36(37)14-15-38(43)49/h1-7,9-11,13-15,20,30,33-34,39,42,51H,8,12,16-19,21-26H2,(H,46,52,54)/t30-,34-,39?,42+/m1/s1. The molecule has 0 aromatic heterocycles. The van der Waals surface area contributed by atoms with Crippen molar-refractivity contribution in [2.75, 3.05) is 50.8 Å². The van der Waals surface area contributed by atoms with Crippen molar-refractivity contribution in [2.24, 2.45) is 0 Å². The van der Waals surface area contributed by atoms with Gasteiger partial charge in [0.15, 0.2) is 0 Å². The maximum absolute atomic E-state index is 13.4. The minimum Gasteiger partial charge on any atom is -0.508 e. The van der Waals surface area contributed by atoms with Gasteiger partial charge in [-0.15, -0.1) is 0 Å². The summed E-state index contributed by atoms with van der Waals surface area (Å²) in [6.45, 7) is 4.27. The zero-order valence-electron chi connectivity index (χ0n) is 31.6. The molecule has 6 aliphatic rings. The van der Waals surface area contributed by atoms with Gasteiger partial charge in [0.05, 0.1) is 37.9 Å². The molecule has 0 bridgehead atoms. The number of hydrogen-bond acceptors (Lipinski definition) is 9. The molecule has 5 heterocycles. The van der Waals surface area contributed by atoms with Crippen molar-refractivity contribution in [3.63, 3.8) is 0 Å². The van der Waals surface area contributed by atoms with Gasteiger partial charge in [-0.05, 0) is 83.8 Å². The number of imide groups is 1. The number of aryl methyl sites for hydroxylation is 1. The lowest BCUT2D eigenvalue weighted by atomic mass is 9.69. The molecule has 4 amide bonds. The smallest absolute Gasteiger partial charge is 0.255 e. The molecule has 4 aromatic carbocycles. The number of piperidine rings is 1. The number of carbonyl (C=O) groups is 4. The van der Waals surface area contributed by atoms with Crippen LogP contribution in [0.15, 0.2) is 84.9 Å². The van der Waals surface area contributed by atoms with Gasteiger partial charge in [-0.25, -0.2) is 0 Å². The molecule has 12 nitrogen and oxygen atoms in total. The van der Waals surface area contributed by atoms with Gasteiger partial charge >= 0.3 is 0 Å². The van der Waals surface area contributed by atoms with Crippen LogP contribution in [0.1, 0.15) is 69.3 Å². The predicted molar refractivity (Wildman–Crippen MR) is 210 cm³/mol. The van der Waals surface area contributed by atoms with Crippen molar-refractivity contribution in [3.05, 3.63) is 118 Å². The first-order valence-electron chi connectivity index (χ1n) is 20.1. The number of aromatic hydroxyl groups is 1. The fourth-order valence-electron chi connectivity index (χ4n) is 9.92. The topological polar surface area (TPSA) is 132 Å². The molecule has 10 rings (SSSR count). The van der Waals surface area contributed by atoms with E-state index in [2.05, 4.69) is 63.6 Å². The average molecular weight is 768 g/mol. The lowest BCUT2D eigenvalue weighted by Gasteiger charge is -2.46. The summed E-state index contributed by atoms with van der Waals surface area (Å²) < 4.78 is 12.7. The zero-order valence-corrected chi connectivity index (χ0v) is 31.6. The van der Waals surface area contributed by atoms with E-state index in [-0.39, 0.29) is 48.8 Å². The van der Waals surface area contributed by atoms with E-state index >= 15 is 0 Å². The molecule has 4 aromatic rings. The molecule has 0 radical (unpaired) electrons. The molecule has 1 aliphatic carbocycles. The number of rotatable bonds is 7. The Kier molecular flexibility index (Phi) is 8.88. The molecule has 1 unspecified atom stereocenters. The number of piperazine rings is 1. The maximum atomic E-state index is 13.4. The van der Waals surface area contributed by atoms with Crippen LogP contribution in [0.3, 0.4) is 0 Å². The SMILES string of the molecule is O=C1CCC(N2Cc3c(ccc4c3OC[C@H]3CN(CC(=O)N5CC(Oc6ccc([C@@H]7c8ccc(O)cc8CC[C@@H]7c7ccccc7)cc6)C5)CCN43)C2=O)C(=O)N1. The van der Waals surface area contributed by atoms with Gasteiger partial charge in [-0.3, -0.25) is 29.4 Å². The van der Waals surface area contributed by atoms with Gasteiger partial charge in [0.2, 0.25) is 17.7 Å². The van der Waals surface area contributed by atoms with Gasteiger partial charge in [0.25, 0.3) is 5.91 Å². The number of anilines is 1. The summed E-state index contributed by atoms with van der Waals surface area (Å²) in [5, 5.41) is 12.5. The summed E-state index contributed by atoms with van der Waals surface area (Å²) in [4.78, 5) is 58.9. The molecular formula is C45H45N5O7. The van der Waals surface area contributed by atoms with E-state index in [4.69, 9.17) is 9.47 Å². The number of benzene rings is 4. The van der Waals surface area contributed by atoms with Crippen molar-refractivity contribution in [1.82, 2.24) is 20.0 Å². The summed E-state index contributed by atoms with van der Waals surface area (Å²) >= 11 is 0. The Balaban J connectivity index is 0.733. The van der Waals surface area contributed by atoms with Gasteiger partial charge in [-0.2, -0.15) is 0 Å². The van der Waals surface area contributed by atoms with Crippen LogP contribution in [-0.4, -0.2) is 107 Å². The maximum Gasteiger partial charge on any atom is 0.255 e. The fourth-order valence-corrected chi connectivity index (χ4v) is 9.92. The first-order valence-corrected chi connectivity index (χ1v) is 20.1. The monoisotopic (exact) mass is 767 g/mol. The Morgan fingerprint density at radius 2 is 1.68 bits per heavy atom. The third-order valence-electron chi connectivity index (χ3n) is 12.9.